The summed E-state index contributed by atoms with van der Waals surface area (Å²) in [5.74, 6) is 1.59. The summed E-state index contributed by atoms with van der Waals surface area (Å²) in [5, 5.41) is 0. The molecule has 2 saturated heterocycles. The third kappa shape index (κ3) is 4.58. The van der Waals surface area contributed by atoms with Crippen LogP contribution in [0.1, 0.15) is 18.4 Å². The van der Waals surface area contributed by atoms with Crippen LogP contribution in [-0.2, 0) is 16.0 Å². The second-order valence-electron chi connectivity index (χ2n) is 7.87. The average Bonchev–Trinajstić information content (AvgIpc) is 2.99. The number of hydrogen-bond acceptors (Lipinski definition) is 5. The second-order valence-corrected chi connectivity index (χ2v) is 7.87. The Bertz CT molecular complexity index is 558. The largest absolute Gasteiger partial charge is 0.497 e. The van der Waals surface area contributed by atoms with Crippen LogP contribution in [0.4, 0.5) is 0 Å². The number of hydrogen-bond donors (Lipinski definition) is 0. The van der Waals surface area contributed by atoms with Crippen molar-refractivity contribution in [1.29, 1.82) is 0 Å². The lowest BCUT2D eigenvalue weighted by Gasteiger charge is -2.42. The molecule has 0 N–H and O–H groups in total. The van der Waals surface area contributed by atoms with Crippen molar-refractivity contribution in [3.8, 4) is 5.75 Å². The van der Waals surface area contributed by atoms with E-state index in [1.165, 1.54) is 24.9 Å². The molecule has 0 saturated carbocycles. The number of nitrogens with zero attached hydrogens (tertiary/aromatic N) is 2. The second kappa shape index (κ2) is 9.18. The molecule has 1 unspecified atom stereocenters. The van der Waals surface area contributed by atoms with Crippen molar-refractivity contribution in [3.05, 3.63) is 29.8 Å². The summed E-state index contributed by atoms with van der Waals surface area (Å²) in [4.78, 5) is 5.16. The van der Waals surface area contributed by atoms with Gasteiger partial charge in [-0.25, -0.2) is 0 Å². The normalized spacial score (nSPS) is 23.6. The molecule has 2 heterocycles. The van der Waals surface area contributed by atoms with Crippen LogP contribution in [0, 0.1) is 11.3 Å². The standard InChI is InChI=1S/C21H34N2O3/c1-24-12-11-23-15-19(16-25-2)21(17-23)7-9-22(10-8-21)14-18-5-4-6-20(13-18)26-3/h4-6,13,19H,7-12,14-17H2,1-3H3. The molecule has 26 heavy (non-hydrogen) atoms. The van der Waals surface area contributed by atoms with Crippen LogP contribution in [0.5, 0.6) is 5.75 Å². The van der Waals surface area contributed by atoms with E-state index in [2.05, 4.69) is 28.0 Å². The van der Waals surface area contributed by atoms with E-state index < -0.39 is 0 Å². The maximum absolute atomic E-state index is 5.57. The fourth-order valence-electron chi connectivity index (χ4n) is 4.72. The number of likely N-dealkylation sites (tertiary alicyclic amines) is 2. The summed E-state index contributed by atoms with van der Waals surface area (Å²) in [6, 6.07) is 8.44. The highest BCUT2D eigenvalue weighted by Gasteiger charge is 2.47. The Morgan fingerprint density at radius 2 is 1.88 bits per heavy atom. The Hall–Kier alpha value is -1.14. The molecule has 146 valence electrons. The van der Waals surface area contributed by atoms with Gasteiger partial charge in [-0.05, 0) is 49.0 Å². The van der Waals surface area contributed by atoms with E-state index in [-0.39, 0.29) is 0 Å². The Morgan fingerprint density at radius 1 is 1.08 bits per heavy atom. The van der Waals surface area contributed by atoms with E-state index >= 15 is 0 Å². The van der Waals surface area contributed by atoms with Gasteiger partial charge in [0.05, 0.1) is 20.3 Å². The summed E-state index contributed by atoms with van der Waals surface area (Å²) >= 11 is 0. The van der Waals surface area contributed by atoms with Gasteiger partial charge < -0.3 is 19.1 Å². The van der Waals surface area contributed by atoms with Crippen molar-refractivity contribution >= 4 is 0 Å². The average molecular weight is 363 g/mol. The zero-order valence-corrected chi connectivity index (χ0v) is 16.6. The van der Waals surface area contributed by atoms with Gasteiger partial charge in [0.15, 0.2) is 0 Å². The lowest BCUT2D eigenvalue weighted by atomic mass is 9.71. The maximum Gasteiger partial charge on any atom is 0.119 e. The van der Waals surface area contributed by atoms with Crippen molar-refractivity contribution in [2.45, 2.75) is 19.4 Å². The molecular formula is C21H34N2O3. The summed E-state index contributed by atoms with van der Waals surface area (Å²) in [5.41, 5.74) is 1.75. The van der Waals surface area contributed by atoms with Crippen molar-refractivity contribution in [2.24, 2.45) is 11.3 Å². The summed E-state index contributed by atoms with van der Waals surface area (Å²) in [6.45, 7) is 8.40. The molecule has 5 nitrogen and oxygen atoms in total. The van der Waals surface area contributed by atoms with Gasteiger partial charge in [-0.15, -0.1) is 0 Å². The van der Waals surface area contributed by atoms with Crippen LogP contribution >= 0.6 is 0 Å². The predicted molar refractivity (Wildman–Crippen MR) is 104 cm³/mol. The molecular weight excluding hydrogens is 328 g/mol. The van der Waals surface area contributed by atoms with Crippen molar-refractivity contribution in [1.82, 2.24) is 9.80 Å². The lowest BCUT2D eigenvalue weighted by molar-refractivity contribution is 0.0348. The maximum atomic E-state index is 5.57. The van der Waals surface area contributed by atoms with Crippen LogP contribution in [0.3, 0.4) is 0 Å². The minimum atomic E-state index is 0.411. The quantitative estimate of drug-likeness (QED) is 0.710. The first-order chi connectivity index (χ1) is 12.7. The molecule has 2 aliphatic heterocycles. The zero-order chi connectivity index (χ0) is 18.4. The Morgan fingerprint density at radius 3 is 2.58 bits per heavy atom. The van der Waals surface area contributed by atoms with Gasteiger partial charge in [0.2, 0.25) is 0 Å². The van der Waals surface area contributed by atoms with Crippen LogP contribution in [0.2, 0.25) is 0 Å². The lowest BCUT2D eigenvalue weighted by Crippen LogP contribution is -2.45. The van der Waals surface area contributed by atoms with Crippen LogP contribution in [0.25, 0.3) is 0 Å². The molecule has 2 aliphatic rings. The summed E-state index contributed by atoms with van der Waals surface area (Å²) in [6.07, 6.45) is 2.52. The third-order valence-electron chi connectivity index (χ3n) is 6.25. The molecule has 3 rings (SSSR count). The van der Waals surface area contributed by atoms with Crippen LogP contribution < -0.4 is 4.74 Å². The van der Waals surface area contributed by atoms with E-state index in [0.29, 0.717) is 11.3 Å². The predicted octanol–water partition coefficient (Wildman–Crippen LogP) is 2.50. The molecule has 0 bridgehead atoms. The van der Waals surface area contributed by atoms with Gasteiger partial charge >= 0.3 is 0 Å². The molecule has 0 radical (unpaired) electrons. The highest BCUT2D eigenvalue weighted by molar-refractivity contribution is 5.28. The van der Waals surface area contributed by atoms with Crippen molar-refractivity contribution in [2.75, 3.05) is 67.3 Å². The van der Waals surface area contributed by atoms with Crippen molar-refractivity contribution in [3.63, 3.8) is 0 Å². The first kappa shape index (κ1) is 19.6. The molecule has 0 aliphatic carbocycles. The summed E-state index contributed by atoms with van der Waals surface area (Å²) in [7, 11) is 5.36. The number of benzene rings is 1. The smallest absolute Gasteiger partial charge is 0.119 e. The van der Waals surface area contributed by atoms with Crippen LogP contribution in [0.15, 0.2) is 24.3 Å². The molecule has 1 aromatic carbocycles. The first-order valence-corrected chi connectivity index (χ1v) is 9.74. The Kier molecular flexibility index (Phi) is 6.92. The van der Waals surface area contributed by atoms with Gasteiger partial charge in [0.1, 0.15) is 5.75 Å². The third-order valence-corrected chi connectivity index (χ3v) is 6.25. The van der Waals surface area contributed by atoms with Gasteiger partial charge in [0.25, 0.3) is 0 Å². The highest BCUT2D eigenvalue weighted by Crippen LogP contribution is 2.45. The molecule has 1 aromatic rings. The van der Waals surface area contributed by atoms with Gasteiger partial charge in [-0.3, -0.25) is 4.90 Å². The monoisotopic (exact) mass is 362 g/mol. The van der Waals surface area contributed by atoms with E-state index in [9.17, 15) is 0 Å². The number of rotatable bonds is 8. The molecule has 1 atom stereocenters. The first-order valence-electron chi connectivity index (χ1n) is 9.74. The van der Waals surface area contributed by atoms with E-state index in [1.54, 1.807) is 14.2 Å². The van der Waals surface area contributed by atoms with E-state index in [1.807, 2.05) is 13.2 Å². The van der Waals surface area contributed by atoms with E-state index in [4.69, 9.17) is 14.2 Å². The zero-order valence-electron chi connectivity index (χ0n) is 16.6. The highest BCUT2D eigenvalue weighted by atomic mass is 16.5. The van der Waals surface area contributed by atoms with Crippen LogP contribution in [-0.4, -0.2) is 77.1 Å². The fourth-order valence-corrected chi connectivity index (χ4v) is 4.72. The molecule has 0 amide bonds. The van der Waals surface area contributed by atoms with Gasteiger partial charge in [-0.2, -0.15) is 0 Å². The Balaban J connectivity index is 1.58. The minimum Gasteiger partial charge on any atom is -0.497 e. The molecule has 0 aromatic heterocycles. The van der Waals surface area contributed by atoms with Gasteiger partial charge in [0, 0.05) is 46.3 Å². The molecule has 2 fully saturated rings. The number of ether oxygens (including phenoxy) is 3. The topological polar surface area (TPSA) is 34.2 Å². The van der Waals surface area contributed by atoms with Crippen molar-refractivity contribution < 1.29 is 14.2 Å². The minimum absolute atomic E-state index is 0.411. The number of piperidine rings is 1. The Labute approximate surface area is 158 Å². The molecule has 5 heteroatoms. The number of methoxy groups -OCH3 is 3. The summed E-state index contributed by atoms with van der Waals surface area (Å²) < 4.78 is 16.2. The molecule has 1 spiro atoms. The van der Waals surface area contributed by atoms with Gasteiger partial charge in [-0.1, -0.05) is 12.1 Å². The SMILES string of the molecule is COCCN1CC(COC)C2(CCN(Cc3cccc(OC)c3)CC2)C1. The fraction of sp³-hybridized carbons (Fsp3) is 0.714. The van der Waals surface area contributed by atoms with E-state index in [0.717, 1.165) is 51.7 Å².